The molecule has 0 aliphatic carbocycles. The van der Waals surface area contributed by atoms with Gasteiger partial charge >= 0.3 is 0 Å². The van der Waals surface area contributed by atoms with Gasteiger partial charge in [-0.3, -0.25) is 0 Å². The third kappa shape index (κ3) is 3.04. The molecule has 2 N–H and O–H groups in total. The zero-order chi connectivity index (χ0) is 13.9. The Hall–Kier alpha value is -0.930. The molecule has 2 saturated heterocycles. The van der Waals surface area contributed by atoms with Crippen molar-refractivity contribution in [3.05, 3.63) is 23.2 Å². The van der Waals surface area contributed by atoms with Gasteiger partial charge in [0.2, 0.25) is 0 Å². The maximum Gasteiger partial charge on any atom is 0.0600 e. The van der Waals surface area contributed by atoms with Crippen LogP contribution in [0, 0.1) is 0 Å². The quantitative estimate of drug-likeness (QED) is 0.849. The second kappa shape index (κ2) is 6.23. The second-order valence-electron chi connectivity index (χ2n) is 6.02. The van der Waals surface area contributed by atoms with Crippen molar-refractivity contribution in [1.82, 2.24) is 4.90 Å². The molecular formula is C16H24ClN3. The lowest BCUT2D eigenvalue weighted by molar-refractivity contribution is 0.141. The molecule has 0 unspecified atom stereocenters. The molecule has 2 heterocycles. The van der Waals surface area contributed by atoms with Crippen LogP contribution in [0.15, 0.2) is 18.2 Å². The van der Waals surface area contributed by atoms with Crippen LogP contribution in [0.3, 0.4) is 0 Å². The Morgan fingerprint density at radius 1 is 1.00 bits per heavy atom. The van der Waals surface area contributed by atoms with Crippen molar-refractivity contribution in [1.29, 1.82) is 0 Å². The van der Waals surface area contributed by atoms with Crippen LogP contribution in [0.25, 0.3) is 0 Å². The van der Waals surface area contributed by atoms with E-state index < -0.39 is 0 Å². The minimum atomic E-state index is 0.717. The van der Waals surface area contributed by atoms with E-state index in [4.69, 9.17) is 17.3 Å². The van der Waals surface area contributed by atoms with Gasteiger partial charge in [-0.1, -0.05) is 18.0 Å². The third-order valence-corrected chi connectivity index (χ3v) is 4.94. The predicted molar refractivity (Wildman–Crippen MR) is 86.5 cm³/mol. The number of benzene rings is 1. The van der Waals surface area contributed by atoms with Crippen molar-refractivity contribution in [2.75, 3.05) is 36.8 Å². The molecule has 2 fully saturated rings. The maximum absolute atomic E-state index is 6.09. The first-order chi connectivity index (χ1) is 9.74. The highest BCUT2D eigenvalue weighted by molar-refractivity contribution is 6.31. The predicted octanol–water partition coefficient (Wildman–Crippen LogP) is 3.38. The maximum atomic E-state index is 6.09. The standard InChI is InChI=1S/C16H24ClN3/c17-13-4-5-16(15(18)12-13)20-10-6-14(7-11-20)19-8-2-1-3-9-19/h4-5,12,14H,1-3,6-11,18H2. The highest BCUT2D eigenvalue weighted by Gasteiger charge is 2.26. The summed E-state index contributed by atoms with van der Waals surface area (Å²) in [5.74, 6) is 0. The zero-order valence-corrected chi connectivity index (χ0v) is 12.8. The highest BCUT2D eigenvalue weighted by Crippen LogP contribution is 2.30. The molecule has 2 aliphatic rings. The summed E-state index contributed by atoms with van der Waals surface area (Å²) >= 11 is 5.98. The number of anilines is 2. The Labute approximate surface area is 126 Å². The molecule has 4 heteroatoms. The zero-order valence-electron chi connectivity index (χ0n) is 12.0. The van der Waals surface area contributed by atoms with E-state index in [2.05, 4.69) is 15.9 Å². The minimum Gasteiger partial charge on any atom is -0.397 e. The van der Waals surface area contributed by atoms with Gasteiger partial charge in [0.05, 0.1) is 11.4 Å². The fourth-order valence-electron chi connectivity index (χ4n) is 3.57. The van der Waals surface area contributed by atoms with Crippen molar-refractivity contribution in [3.63, 3.8) is 0 Å². The summed E-state index contributed by atoms with van der Waals surface area (Å²) in [5.41, 5.74) is 8.04. The van der Waals surface area contributed by atoms with Crippen LogP contribution in [0.4, 0.5) is 11.4 Å². The fraction of sp³-hybridized carbons (Fsp3) is 0.625. The van der Waals surface area contributed by atoms with E-state index in [1.807, 2.05) is 12.1 Å². The molecule has 0 spiro atoms. The lowest BCUT2D eigenvalue weighted by Crippen LogP contribution is -2.46. The number of likely N-dealkylation sites (tertiary alicyclic amines) is 1. The van der Waals surface area contributed by atoms with Crippen molar-refractivity contribution < 1.29 is 0 Å². The lowest BCUT2D eigenvalue weighted by atomic mass is 9.99. The van der Waals surface area contributed by atoms with Gasteiger partial charge in [-0.15, -0.1) is 0 Å². The molecule has 3 nitrogen and oxygen atoms in total. The van der Waals surface area contributed by atoms with Gasteiger partial charge in [0.15, 0.2) is 0 Å². The normalized spacial score (nSPS) is 22.1. The summed E-state index contributed by atoms with van der Waals surface area (Å²) in [6, 6.07) is 6.62. The van der Waals surface area contributed by atoms with Gasteiger partial charge in [0, 0.05) is 24.2 Å². The number of nitrogen functional groups attached to an aromatic ring is 1. The van der Waals surface area contributed by atoms with Gasteiger partial charge in [0.25, 0.3) is 0 Å². The average Bonchev–Trinajstić information content (AvgIpc) is 2.48. The number of hydrogen-bond acceptors (Lipinski definition) is 3. The Bertz CT molecular complexity index is 449. The van der Waals surface area contributed by atoms with E-state index in [0.717, 1.165) is 35.5 Å². The molecule has 0 radical (unpaired) electrons. The van der Waals surface area contributed by atoms with Crippen LogP contribution < -0.4 is 10.6 Å². The molecule has 3 rings (SSSR count). The summed E-state index contributed by atoms with van der Waals surface area (Å²) in [6.07, 6.45) is 6.68. The first kappa shape index (κ1) is 14.0. The molecule has 110 valence electrons. The molecular weight excluding hydrogens is 270 g/mol. The van der Waals surface area contributed by atoms with E-state index in [1.165, 1.54) is 45.2 Å². The minimum absolute atomic E-state index is 0.717. The Kier molecular flexibility index (Phi) is 4.37. The average molecular weight is 294 g/mol. The molecule has 0 aromatic heterocycles. The van der Waals surface area contributed by atoms with E-state index in [-0.39, 0.29) is 0 Å². The second-order valence-corrected chi connectivity index (χ2v) is 6.45. The van der Waals surface area contributed by atoms with Crippen LogP contribution in [0.2, 0.25) is 5.02 Å². The molecule has 1 aromatic carbocycles. The highest BCUT2D eigenvalue weighted by atomic mass is 35.5. The largest absolute Gasteiger partial charge is 0.397 e. The molecule has 2 aliphatic heterocycles. The third-order valence-electron chi connectivity index (χ3n) is 4.70. The van der Waals surface area contributed by atoms with Crippen LogP contribution in [0.1, 0.15) is 32.1 Å². The van der Waals surface area contributed by atoms with E-state index in [1.54, 1.807) is 0 Å². The Morgan fingerprint density at radius 2 is 1.70 bits per heavy atom. The monoisotopic (exact) mass is 293 g/mol. The number of hydrogen-bond donors (Lipinski definition) is 1. The number of piperidine rings is 2. The summed E-state index contributed by atoms with van der Waals surface area (Å²) < 4.78 is 0. The number of nitrogens with zero attached hydrogens (tertiary/aromatic N) is 2. The van der Waals surface area contributed by atoms with Crippen LogP contribution >= 0.6 is 11.6 Å². The SMILES string of the molecule is Nc1cc(Cl)ccc1N1CCC(N2CCCCC2)CC1. The van der Waals surface area contributed by atoms with Crippen LogP contribution in [-0.4, -0.2) is 37.1 Å². The van der Waals surface area contributed by atoms with Crippen LogP contribution in [-0.2, 0) is 0 Å². The number of nitrogens with two attached hydrogens (primary N) is 1. The first-order valence-electron chi connectivity index (χ1n) is 7.78. The van der Waals surface area contributed by atoms with Gasteiger partial charge in [-0.25, -0.2) is 0 Å². The molecule has 0 amide bonds. The molecule has 0 saturated carbocycles. The summed E-state index contributed by atoms with van der Waals surface area (Å²) in [5, 5.41) is 0.717. The number of halogens is 1. The van der Waals surface area contributed by atoms with Gasteiger partial charge in [-0.2, -0.15) is 0 Å². The van der Waals surface area contributed by atoms with Crippen molar-refractivity contribution in [2.45, 2.75) is 38.1 Å². The molecule has 0 atom stereocenters. The van der Waals surface area contributed by atoms with Crippen molar-refractivity contribution in [3.8, 4) is 0 Å². The van der Waals surface area contributed by atoms with Crippen molar-refractivity contribution >= 4 is 23.0 Å². The van der Waals surface area contributed by atoms with E-state index in [0.29, 0.717) is 0 Å². The topological polar surface area (TPSA) is 32.5 Å². The summed E-state index contributed by atoms with van der Waals surface area (Å²) in [4.78, 5) is 5.11. The summed E-state index contributed by atoms with van der Waals surface area (Å²) in [6.45, 7) is 4.81. The van der Waals surface area contributed by atoms with Gasteiger partial charge in [0.1, 0.15) is 0 Å². The van der Waals surface area contributed by atoms with Crippen LogP contribution in [0.5, 0.6) is 0 Å². The fourth-order valence-corrected chi connectivity index (χ4v) is 3.75. The van der Waals surface area contributed by atoms with E-state index >= 15 is 0 Å². The molecule has 0 bridgehead atoms. The van der Waals surface area contributed by atoms with Gasteiger partial charge in [-0.05, 0) is 57.0 Å². The number of rotatable bonds is 2. The van der Waals surface area contributed by atoms with Crippen molar-refractivity contribution in [2.24, 2.45) is 0 Å². The Balaban J connectivity index is 1.60. The molecule has 20 heavy (non-hydrogen) atoms. The first-order valence-corrected chi connectivity index (χ1v) is 8.16. The summed E-state index contributed by atoms with van der Waals surface area (Å²) in [7, 11) is 0. The van der Waals surface area contributed by atoms with E-state index in [9.17, 15) is 0 Å². The lowest BCUT2D eigenvalue weighted by Gasteiger charge is -2.41. The Morgan fingerprint density at radius 3 is 2.35 bits per heavy atom. The smallest absolute Gasteiger partial charge is 0.0600 e. The molecule has 1 aromatic rings. The van der Waals surface area contributed by atoms with Gasteiger partial charge < -0.3 is 15.5 Å².